The number of carbonyl (C=O) groups is 1. The molecule has 1 amide bonds. The number of halogens is 1. The van der Waals surface area contributed by atoms with Crippen molar-refractivity contribution < 1.29 is 4.79 Å². The number of aromatic nitrogens is 3. The van der Waals surface area contributed by atoms with E-state index in [9.17, 15) is 14.4 Å². The number of rotatable bonds is 3. The van der Waals surface area contributed by atoms with Gasteiger partial charge in [-0.25, -0.2) is 4.79 Å². The summed E-state index contributed by atoms with van der Waals surface area (Å²) in [5.41, 5.74) is 1.06. The Hall–Kier alpha value is -3.45. The normalized spacial score (nSPS) is 13.8. The van der Waals surface area contributed by atoms with Gasteiger partial charge in [0.05, 0.1) is 5.69 Å². The predicted molar refractivity (Wildman–Crippen MR) is 115 cm³/mol. The van der Waals surface area contributed by atoms with Crippen molar-refractivity contribution in [1.29, 1.82) is 0 Å². The lowest BCUT2D eigenvalue weighted by molar-refractivity contribution is 0.0761. The summed E-state index contributed by atoms with van der Waals surface area (Å²) in [5, 5.41) is 4.60. The Balaban J connectivity index is 1.66. The molecule has 0 unspecified atom stereocenters. The van der Waals surface area contributed by atoms with Gasteiger partial charge in [-0.3, -0.25) is 14.2 Å². The van der Waals surface area contributed by atoms with Crippen LogP contribution in [0.3, 0.4) is 0 Å². The zero-order valence-electron chi connectivity index (χ0n) is 16.3. The first kappa shape index (κ1) is 19.8. The van der Waals surface area contributed by atoms with Gasteiger partial charge >= 0.3 is 5.69 Å². The summed E-state index contributed by atoms with van der Waals surface area (Å²) in [6.07, 6.45) is 2.66. The smallest absolute Gasteiger partial charge is 0.333 e. The van der Waals surface area contributed by atoms with Crippen molar-refractivity contribution in [3.05, 3.63) is 97.8 Å². The summed E-state index contributed by atoms with van der Waals surface area (Å²) in [5.74, 6) is -0.498. The average Bonchev–Trinajstić information content (AvgIpc) is 2.79. The number of carbonyl (C=O) groups excluding carboxylic acids is 1. The van der Waals surface area contributed by atoms with Crippen LogP contribution in [-0.2, 0) is 7.05 Å². The van der Waals surface area contributed by atoms with Crippen LogP contribution in [-0.4, -0.2) is 38.2 Å². The highest BCUT2D eigenvalue weighted by atomic mass is 35.5. The SMILES string of the molecule is Cn1c(=O)c(C(=O)N2CC=C(c3ccccc3)CC2)nn(-c2ccc(Cl)cc2)c1=O. The summed E-state index contributed by atoms with van der Waals surface area (Å²) >= 11 is 5.91. The molecule has 2 heterocycles. The molecule has 0 N–H and O–H groups in total. The van der Waals surface area contributed by atoms with Crippen LogP contribution in [0.25, 0.3) is 11.3 Å². The Kier molecular flexibility index (Phi) is 5.37. The van der Waals surface area contributed by atoms with Crippen molar-refractivity contribution in [2.24, 2.45) is 7.05 Å². The van der Waals surface area contributed by atoms with Crippen molar-refractivity contribution in [3.8, 4) is 5.69 Å². The second-order valence-electron chi connectivity index (χ2n) is 6.98. The van der Waals surface area contributed by atoms with E-state index in [0.29, 0.717) is 30.2 Å². The van der Waals surface area contributed by atoms with Crippen molar-refractivity contribution >= 4 is 23.1 Å². The fourth-order valence-corrected chi connectivity index (χ4v) is 3.50. The lowest BCUT2D eigenvalue weighted by Gasteiger charge is -2.26. The molecule has 0 atom stereocenters. The summed E-state index contributed by atoms with van der Waals surface area (Å²) in [4.78, 5) is 39.7. The molecule has 0 spiro atoms. The van der Waals surface area contributed by atoms with Gasteiger partial charge in [-0.2, -0.15) is 9.78 Å². The minimum absolute atomic E-state index is 0.288. The summed E-state index contributed by atoms with van der Waals surface area (Å²) < 4.78 is 1.93. The lowest BCUT2D eigenvalue weighted by Crippen LogP contribution is -2.46. The van der Waals surface area contributed by atoms with E-state index in [0.717, 1.165) is 20.4 Å². The maximum absolute atomic E-state index is 13.0. The van der Waals surface area contributed by atoms with E-state index in [1.54, 1.807) is 29.2 Å². The first-order valence-corrected chi connectivity index (χ1v) is 9.83. The molecule has 1 aliphatic rings. The van der Waals surface area contributed by atoms with Crippen LogP contribution in [0.5, 0.6) is 0 Å². The zero-order chi connectivity index (χ0) is 21.3. The minimum Gasteiger partial charge on any atom is -0.333 e. The Morgan fingerprint density at radius 1 is 1.03 bits per heavy atom. The fourth-order valence-electron chi connectivity index (χ4n) is 3.38. The number of amides is 1. The standard InChI is InChI=1S/C22H19ClN4O3/c1-25-20(28)19(24-27(22(25)30)18-9-7-17(23)8-10-18)21(29)26-13-11-16(12-14-26)15-5-3-2-4-6-15/h2-11H,12-14H2,1H3. The zero-order valence-corrected chi connectivity index (χ0v) is 17.0. The third-order valence-electron chi connectivity index (χ3n) is 5.09. The largest absolute Gasteiger partial charge is 0.351 e. The molecule has 7 nitrogen and oxygen atoms in total. The van der Waals surface area contributed by atoms with Crippen molar-refractivity contribution in [1.82, 2.24) is 19.2 Å². The molecule has 2 aromatic carbocycles. The van der Waals surface area contributed by atoms with Crippen LogP contribution in [0, 0.1) is 0 Å². The van der Waals surface area contributed by atoms with Crippen molar-refractivity contribution in [2.45, 2.75) is 6.42 Å². The molecule has 0 fully saturated rings. The molecule has 0 aliphatic carbocycles. The van der Waals surface area contributed by atoms with Gasteiger partial charge in [-0.1, -0.05) is 48.0 Å². The molecule has 0 saturated heterocycles. The first-order chi connectivity index (χ1) is 14.5. The van der Waals surface area contributed by atoms with Gasteiger partial charge in [0.25, 0.3) is 11.5 Å². The van der Waals surface area contributed by atoms with E-state index in [4.69, 9.17) is 11.6 Å². The Morgan fingerprint density at radius 2 is 1.73 bits per heavy atom. The van der Waals surface area contributed by atoms with E-state index >= 15 is 0 Å². The van der Waals surface area contributed by atoms with Gasteiger partial charge in [0, 0.05) is 25.2 Å². The first-order valence-electron chi connectivity index (χ1n) is 9.46. The molecule has 1 aromatic heterocycles. The highest BCUT2D eigenvalue weighted by Gasteiger charge is 2.25. The number of hydrogen-bond acceptors (Lipinski definition) is 4. The fraction of sp³-hybridized carbons (Fsp3) is 0.182. The van der Waals surface area contributed by atoms with Gasteiger partial charge in [0.2, 0.25) is 5.69 Å². The van der Waals surface area contributed by atoms with Crippen molar-refractivity contribution in [3.63, 3.8) is 0 Å². The Labute approximate surface area is 177 Å². The third-order valence-corrected chi connectivity index (χ3v) is 5.34. The maximum atomic E-state index is 13.0. The molecule has 30 heavy (non-hydrogen) atoms. The molecule has 0 radical (unpaired) electrons. The van der Waals surface area contributed by atoms with Gasteiger partial charge in [0.1, 0.15) is 0 Å². The second kappa shape index (κ2) is 8.12. The highest BCUT2D eigenvalue weighted by Crippen LogP contribution is 2.22. The van der Waals surface area contributed by atoms with Crippen LogP contribution in [0.4, 0.5) is 0 Å². The molecule has 0 saturated carbocycles. The summed E-state index contributed by atoms with van der Waals surface area (Å²) in [6.45, 7) is 0.832. The maximum Gasteiger partial charge on any atom is 0.351 e. The van der Waals surface area contributed by atoms with E-state index in [2.05, 4.69) is 5.10 Å². The number of hydrogen-bond donors (Lipinski definition) is 0. The topological polar surface area (TPSA) is 77.2 Å². The van der Waals surface area contributed by atoms with Crippen LogP contribution in [0.1, 0.15) is 22.5 Å². The highest BCUT2D eigenvalue weighted by molar-refractivity contribution is 6.30. The lowest BCUT2D eigenvalue weighted by atomic mass is 9.99. The second-order valence-corrected chi connectivity index (χ2v) is 7.42. The van der Waals surface area contributed by atoms with Gasteiger partial charge in [-0.15, -0.1) is 0 Å². The molecular weight excluding hydrogens is 404 g/mol. The van der Waals surface area contributed by atoms with Crippen LogP contribution >= 0.6 is 11.6 Å². The van der Waals surface area contributed by atoms with Crippen LogP contribution < -0.4 is 11.2 Å². The van der Waals surface area contributed by atoms with Gasteiger partial charge < -0.3 is 4.90 Å². The quantitative estimate of drug-likeness (QED) is 0.649. The molecule has 4 rings (SSSR count). The van der Waals surface area contributed by atoms with Crippen LogP contribution in [0.15, 0.2) is 70.3 Å². The third kappa shape index (κ3) is 3.71. The van der Waals surface area contributed by atoms with Crippen molar-refractivity contribution in [2.75, 3.05) is 13.1 Å². The summed E-state index contributed by atoms with van der Waals surface area (Å²) in [6, 6.07) is 16.4. The number of nitrogens with zero attached hydrogens (tertiary/aromatic N) is 4. The molecule has 3 aromatic rings. The van der Waals surface area contributed by atoms with E-state index in [1.165, 1.54) is 7.05 Å². The average molecular weight is 423 g/mol. The van der Waals surface area contributed by atoms with E-state index < -0.39 is 17.2 Å². The number of benzene rings is 2. The molecular formula is C22H19ClN4O3. The van der Waals surface area contributed by atoms with E-state index in [1.807, 2.05) is 36.4 Å². The van der Waals surface area contributed by atoms with Crippen LogP contribution in [0.2, 0.25) is 5.02 Å². The molecule has 1 aliphatic heterocycles. The predicted octanol–water partition coefficient (Wildman–Crippen LogP) is 2.51. The summed E-state index contributed by atoms with van der Waals surface area (Å²) in [7, 11) is 1.33. The van der Waals surface area contributed by atoms with E-state index in [-0.39, 0.29) is 5.69 Å². The molecule has 152 valence electrons. The van der Waals surface area contributed by atoms with Gasteiger partial charge in [-0.05, 0) is 41.8 Å². The minimum atomic E-state index is -0.715. The molecule has 8 heteroatoms. The Morgan fingerprint density at radius 3 is 2.37 bits per heavy atom. The molecule has 0 bridgehead atoms. The van der Waals surface area contributed by atoms with Gasteiger partial charge in [0.15, 0.2) is 0 Å². The monoisotopic (exact) mass is 422 g/mol. The Bertz CT molecular complexity index is 1240.